The predicted octanol–water partition coefficient (Wildman–Crippen LogP) is 3.37. The van der Waals surface area contributed by atoms with Crippen molar-refractivity contribution < 1.29 is 4.74 Å². The number of thiazole rings is 1. The normalized spacial score (nSPS) is 14.7. The SMILES string of the molecule is CCNC(=NCc1ncc(C)s1)N1CCN(c2cccc(OC)c2)CC1.I. The van der Waals surface area contributed by atoms with Gasteiger partial charge in [-0.1, -0.05) is 6.07 Å². The number of rotatable bonds is 5. The average Bonchev–Trinajstić information content (AvgIpc) is 3.10. The number of aromatic nitrogens is 1. The lowest BCUT2D eigenvalue weighted by Crippen LogP contribution is -2.52. The molecule has 1 aromatic heterocycles. The van der Waals surface area contributed by atoms with Crippen LogP contribution in [-0.2, 0) is 6.54 Å². The van der Waals surface area contributed by atoms with Crippen LogP contribution in [0.5, 0.6) is 5.75 Å². The predicted molar refractivity (Wildman–Crippen MR) is 124 cm³/mol. The van der Waals surface area contributed by atoms with Crippen LogP contribution in [0, 0.1) is 6.92 Å². The number of halogens is 1. The zero-order valence-electron chi connectivity index (χ0n) is 16.1. The van der Waals surface area contributed by atoms with Crippen LogP contribution in [0.4, 0.5) is 5.69 Å². The number of aryl methyl sites for hydroxylation is 1. The molecule has 0 radical (unpaired) electrons. The Morgan fingerprint density at radius 2 is 2.07 bits per heavy atom. The van der Waals surface area contributed by atoms with Gasteiger partial charge in [0.1, 0.15) is 10.8 Å². The van der Waals surface area contributed by atoms with Crippen molar-refractivity contribution >= 4 is 47.0 Å². The summed E-state index contributed by atoms with van der Waals surface area (Å²) >= 11 is 1.71. The first-order chi connectivity index (χ1) is 12.7. The number of piperazine rings is 1. The van der Waals surface area contributed by atoms with Crippen LogP contribution in [0.3, 0.4) is 0 Å². The maximum atomic E-state index is 5.34. The van der Waals surface area contributed by atoms with E-state index in [0.717, 1.165) is 49.4 Å². The van der Waals surface area contributed by atoms with Crippen LogP contribution in [0.1, 0.15) is 16.8 Å². The number of aliphatic imine (C=N–C) groups is 1. The van der Waals surface area contributed by atoms with Crippen LogP contribution < -0.4 is 15.0 Å². The molecular weight excluding hydrogens is 473 g/mol. The summed E-state index contributed by atoms with van der Waals surface area (Å²) in [5, 5.41) is 4.48. The van der Waals surface area contributed by atoms with Crippen molar-refractivity contribution in [1.82, 2.24) is 15.2 Å². The molecule has 1 aliphatic rings. The number of benzene rings is 1. The standard InChI is InChI=1S/C19H27N5OS.HI/c1-4-20-19(22-14-18-21-13-15(2)26-18)24-10-8-23(9-11-24)16-6-5-7-17(12-16)25-3;/h5-7,12-13H,4,8-11,14H2,1-3H3,(H,20,22);1H. The summed E-state index contributed by atoms with van der Waals surface area (Å²) in [4.78, 5) is 15.2. The monoisotopic (exact) mass is 501 g/mol. The lowest BCUT2D eigenvalue weighted by molar-refractivity contribution is 0.372. The molecule has 8 heteroatoms. The van der Waals surface area contributed by atoms with Gasteiger partial charge < -0.3 is 19.9 Å². The molecule has 1 fully saturated rings. The van der Waals surface area contributed by atoms with Crippen LogP contribution in [-0.4, -0.2) is 55.7 Å². The minimum absolute atomic E-state index is 0. The highest BCUT2D eigenvalue weighted by molar-refractivity contribution is 14.0. The van der Waals surface area contributed by atoms with Crippen LogP contribution in [0.2, 0.25) is 0 Å². The lowest BCUT2D eigenvalue weighted by atomic mass is 10.2. The Hall–Kier alpha value is -1.55. The van der Waals surface area contributed by atoms with Gasteiger partial charge in [-0.05, 0) is 26.0 Å². The molecule has 0 aliphatic carbocycles. The Bertz CT molecular complexity index is 743. The van der Waals surface area contributed by atoms with Crippen molar-refractivity contribution in [3.63, 3.8) is 0 Å². The molecule has 0 amide bonds. The number of hydrogen-bond donors (Lipinski definition) is 1. The molecule has 3 rings (SSSR count). The number of nitrogens with zero attached hydrogens (tertiary/aromatic N) is 4. The van der Waals surface area contributed by atoms with Gasteiger partial charge in [0, 0.05) is 55.6 Å². The van der Waals surface area contributed by atoms with Gasteiger partial charge in [-0.15, -0.1) is 35.3 Å². The number of anilines is 1. The molecule has 1 N–H and O–H groups in total. The summed E-state index contributed by atoms with van der Waals surface area (Å²) in [6.45, 7) is 9.51. The van der Waals surface area contributed by atoms with Crippen LogP contribution in [0.25, 0.3) is 0 Å². The van der Waals surface area contributed by atoms with Crippen LogP contribution >= 0.6 is 35.3 Å². The molecule has 0 unspecified atom stereocenters. The molecule has 0 bridgehead atoms. The molecule has 148 valence electrons. The van der Waals surface area contributed by atoms with Crippen molar-refractivity contribution in [3.05, 3.63) is 40.3 Å². The van der Waals surface area contributed by atoms with Gasteiger partial charge in [-0.3, -0.25) is 0 Å². The summed E-state index contributed by atoms with van der Waals surface area (Å²) in [5.74, 6) is 1.88. The molecule has 2 heterocycles. The molecule has 0 saturated carbocycles. The fourth-order valence-electron chi connectivity index (χ4n) is 3.03. The molecule has 27 heavy (non-hydrogen) atoms. The third-order valence-electron chi connectivity index (χ3n) is 4.37. The summed E-state index contributed by atoms with van der Waals surface area (Å²) in [5.41, 5.74) is 1.21. The average molecular weight is 501 g/mol. The summed E-state index contributed by atoms with van der Waals surface area (Å²) in [7, 11) is 1.71. The zero-order valence-corrected chi connectivity index (χ0v) is 19.3. The van der Waals surface area contributed by atoms with Crippen LogP contribution in [0.15, 0.2) is 35.5 Å². The molecule has 2 aromatic rings. The van der Waals surface area contributed by atoms with Crippen molar-refractivity contribution in [2.24, 2.45) is 4.99 Å². The van der Waals surface area contributed by atoms with E-state index in [4.69, 9.17) is 9.73 Å². The second-order valence-electron chi connectivity index (χ2n) is 6.21. The van der Waals surface area contributed by atoms with E-state index >= 15 is 0 Å². The van der Waals surface area contributed by atoms with E-state index in [1.54, 1.807) is 18.4 Å². The Balaban J connectivity index is 0.00000261. The number of nitrogens with one attached hydrogen (secondary N) is 1. The topological polar surface area (TPSA) is 53.0 Å². The molecule has 1 aromatic carbocycles. The van der Waals surface area contributed by atoms with Gasteiger partial charge in [0.15, 0.2) is 5.96 Å². The summed E-state index contributed by atoms with van der Waals surface area (Å²) in [6.07, 6.45) is 1.91. The fourth-order valence-corrected chi connectivity index (χ4v) is 3.74. The smallest absolute Gasteiger partial charge is 0.194 e. The number of guanidine groups is 1. The van der Waals surface area contributed by atoms with Crippen molar-refractivity contribution in [2.45, 2.75) is 20.4 Å². The quantitative estimate of drug-likeness (QED) is 0.387. The first-order valence-corrected chi connectivity index (χ1v) is 9.85. The maximum Gasteiger partial charge on any atom is 0.194 e. The van der Waals surface area contributed by atoms with E-state index in [2.05, 4.69) is 46.1 Å². The van der Waals surface area contributed by atoms with Gasteiger partial charge in [0.05, 0.1) is 13.7 Å². The van der Waals surface area contributed by atoms with Crippen molar-refractivity contribution in [3.8, 4) is 5.75 Å². The van der Waals surface area contributed by atoms with E-state index in [9.17, 15) is 0 Å². The Morgan fingerprint density at radius 3 is 2.70 bits per heavy atom. The third kappa shape index (κ3) is 5.97. The Morgan fingerprint density at radius 1 is 1.30 bits per heavy atom. The molecule has 0 atom stereocenters. The van der Waals surface area contributed by atoms with Gasteiger partial charge in [-0.25, -0.2) is 9.98 Å². The van der Waals surface area contributed by atoms with Gasteiger partial charge in [0.25, 0.3) is 0 Å². The minimum Gasteiger partial charge on any atom is -0.497 e. The molecule has 1 saturated heterocycles. The largest absolute Gasteiger partial charge is 0.497 e. The van der Waals surface area contributed by atoms with E-state index in [0.29, 0.717) is 6.54 Å². The first kappa shape index (κ1) is 21.7. The molecule has 1 aliphatic heterocycles. The molecule has 0 spiro atoms. The lowest BCUT2D eigenvalue weighted by Gasteiger charge is -2.37. The van der Waals surface area contributed by atoms with Crippen molar-refractivity contribution in [2.75, 3.05) is 44.7 Å². The number of ether oxygens (including phenoxy) is 1. The van der Waals surface area contributed by atoms with E-state index in [1.165, 1.54) is 10.6 Å². The third-order valence-corrected chi connectivity index (χ3v) is 5.26. The van der Waals surface area contributed by atoms with Crippen molar-refractivity contribution in [1.29, 1.82) is 0 Å². The molecular formula is C19H28IN5OS. The Kier molecular flexibility index (Phi) is 8.62. The maximum absolute atomic E-state index is 5.34. The van der Waals surface area contributed by atoms with E-state index < -0.39 is 0 Å². The first-order valence-electron chi connectivity index (χ1n) is 9.03. The van der Waals surface area contributed by atoms with Gasteiger partial charge in [0.2, 0.25) is 0 Å². The minimum atomic E-state index is 0. The van der Waals surface area contributed by atoms with E-state index in [1.807, 2.05) is 18.3 Å². The van der Waals surface area contributed by atoms with Gasteiger partial charge in [-0.2, -0.15) is 0 Å². The Labute approximate surface area is 182 Å². The summed E-state index contributed by atoms with van der Waals surface area (Å²) < 4.78 is 5.34. The zero-order chi connectivity index (χ0) is 18.4. The second kappa shape index (κ2) is 10.7. The highest BCUT2D eigenvalue weighted by Gasteiger charge is 2.20. The van der Waals surface area contributed by atoms with E-state index in [-0.39, 0.29) is 24.0 Å². The number of methoxy groups -OCH3 is 1. The molecule has 6 nitrogen and oxygen atoms in total. The van der Waals surface area contributed by atoms with Gasteiger partial charge >= 0.3 is 0 Å². The summed E-state index contributed by atoms with van der Waals surface area (Å²) in [6, 6.07) is 8.26. The second-order valence-corrected chi connectivity index (χ2v) is 7.53. The highest BCUT2D eigenvalue weighted by Crippen LogP contribution is 2.22. The highest BCUT2D eigenvalue weighted by atomic mass is 127. The number of hydrogen-bond acceptors (Lipinski definition) is 5. The fraction of sp³-hybridized carbons (Fsp3) is 0.474.